The van der Waals surface area contributed by atoms with E-state index in [0.29, 0.717) is 10.9 Å². The number of aromatic amines is 1. The highest BCUT2D eigenvalue weighted by molar-refractivity contribution is 7.98. The molecule has 2 aromatic rings. The number of rotatable bonds is 7. The van der Waals surface area contributed by atoms with Crippen LogP contribution in [0.25, 0.3) is 0 Å². The first kappa shape index (κ1) is 14.9. The maximum Gasteiger partial charge on any atom is 0.251 e. The quantitative estimate of drug-likeness (QED) is 0.466. The van der Waals surface area contributed by atoms with Crippen LogP contribution in [0, 0.1) is 6.92 Å². The molecule has 0 aliphatic carbocycles. The van der Waals surface area contributed by atoms with E-state index in [1.54, 1.807) is 0 Å². The van der Waals surface area contributed by atoms with E-state index in [4.69, 9.17) is 4.42 Å². The van der Waals surface area contributed by atoms with E-state index in [-0.39, 0.29) is 5.56 Å². The molecule has 0 radical (unpaired) electrons. The molecule has 0 unspecified atom stereocenters. The zero-order chi connectivity index (χ0) is 14.4. The Kier molecular flexibility index (Phi) is 5.43. The molecular weight excluding hydrogens is 274 g/mol. The first-order valence-electron chi connectivity index (χ1n) is 6.66. The first-order valence-corrected chi connectivity index (χ1v) is 7.65. The Morgan fingerprint density at radius 3 is 2.95 bits per heavy atom. The van der Waals surface area contributed by atoms with Gasteiger partial charge in [0.25, 0.3) is 5.56 Å². The smallest absolute Gasteiger partial charge is 0.251 e. The van der Waals surface area contributed by atoms with E-state index in [1.807, 2.05) is 19.1 Å². The summed E-state index contributed by atoms with van der Waals surface area (Å²) in [6.07, 6.45) is 1.11. The Morgan fingerprint density at radius 1 is 1.40 bits per heavy atom. The second kappa shape index (κ2) is 7.31. The van der Waals surface area contributed by atoms with Gasteiger partial charge < -0.3 is 14.7 Å². The number of nitrogens with one attached hydrogen (secondary N) is 2. The highest BCUT2D eigenvalue weighted by Gasteiger charge is 2.05. The van der Waals surface area contributed by atoms with Crippen LogP contribution in [0.2, 0.25) is 0 Å². The number of nitrogens with zero attached hydrogens (tertiary/aromatic N) is 1. The zero-order valence-corrected chi connectivity index (χ0v) is 12.5. The van der Waals surface area contributed by atoms with Gasteiger partial charge in [0.1, 0.15) is 11.5 Å². The third kappa shape index (κ3) is 4.54. The molecule has 0 bridgehead atoms. The summed E-state index contributed by atoms with van der Waals surface area (Å²) in [5, 5.41) is 3.92. The summed E-state index contributed by atoms with van der Waals surface area (Å²) in [5.41, 5.74) is 0.601. The molecular formula is C14H19N3O2S. The molecule has 108 valence electrons. The molecule has 0 atom stereocenters. The lowest BCUT2D eigenvalue weighted by atomic mass is 10.4. The van der Waals surface area contributed by atoms with Crippen LogP contribution < -0.4 is 10.9 Å². The normalized spacial score (nSPS) is 10.9. The van der Waals surface area contributed by atoms with Crippen molar-refractivity contribution < 1.29 is 4.42 Å². The van der Waals surface area contributed by atoms with Gasteiger partial charge in [-0.2, -0.15) is 0 Å². The molecule has 0 spiro atoms. The summed E-state index contributed by atoms with van der Waals surface area (Å²) in [6.45, 7) is 5.67. The van der Waals surface area contributed by atoms with Crippen molar-refractivity contribution in [1.29, 1.82) is 0 Å². The van der Waals surface area contributed by atoms with Gasteiger partial charge >= 0.3 is 0 Å². The van der Waals surface area contributed by atoms with Gasteiger partial charge in [-0.1, -0.05) is 18.7 Å². The Balaban J connectivity index is 1.89. The molecule has 0 fully saturated rings. The molecule has 0 saturated heterocycles. The highest BCUT2D eigenvalue weighted by Crippen LogP contribution is 2.20. The molecule has 2 N–H and O–H groups in total. The number of furan rings is 1. The molecule has 0 aromatic carbocycles. The molecule has 5 nitrogen and oxygen atoms in total. The maximum atomic E-state index is 11.3. The first-order chi connectivity index (χ1) is 9.67. The van der Waals surface area contributed by atoms with E-state index in [2.05, 4.69) is 22.2 Å². The number of hydrogen-bond donors (Lipinski definition) is 2. The average Bonchev–Trinajstić information content (AvgIpc) is 2.84. The third-order valence-electron chi connectivity index (χ3n) is 2.64. The van der Waals surface area contributed by atoms with Crippen molar-refractivity contribution in [2.24, 2.45) is 0 Å². The van der Waals surface area contributed by atoms with Crippen molar-refractivity contribution in [3.8, 4) is 0 Å². The summed E-state index contributed by atoms with van der Waals surface area (Å²) in [5.74, 6) is 2.47. The van der Waals surface area contributed by atoms with Gasteiger partial charge in [0.05, 0.1) is 12.3 Å². The van der Waals surface area contributed by atoms with Crippen molar-refractivity contribution >= 4 is 11.8 Å². The van der Waals surface area contributed by atoms with Crippen LogP contribution in [-0.2, 0) is 12.3 Å². The van der Waals surface area contributed by atoms with Crippen molar-refractivity contribution in [2.75, 3.05) is 6.54 Å². The second-order valence-corrected chi connectivity index (χ2v) is 5.49. The van der Waals surface area contributed by atoms with Crippen molar-refractivity contribution in [1.82, 2.24) is 15.3 Å². The average molecular weight is 293 g/mol. The predicted molar refractivity (Wildman–Crippen MR) is 79.9 cm³/mol. The minimum Gasteiger partial charge on any atom is -0.464 e. The van der Waals surface area contributed by atoms with E-state index in [1.165, 1.54) is 17.8 Å². The molecule has 0 aliphatic rings. The Bertz CT molecular complexity index is 606. The topological polar surface area (TPSA) is 70.9 Å². The molecule has 20 heavy (non-hydrogen) atoms. The number of aryl methyl sites for hydroxylation is 1. The van der Waals surface area contributed by atoms with E-state index in [9.17, 15) is 4.79 Å². The summed E-state index contributed by atoms with van der Waals surface area (Å²) in [6, 6.07) is 5.42. The molecule has 2 aromatic heterocycles. The Labute approximate surface area is 122 Å². The molecule has 2 heterocycles. The Hall–Kier alpha value is -1.53. The van der Waals surface area contributed by atoms with Gasteiger partial charge in [0, 0.05) is 11.8 Å². The molecule has 0 saturated carbocycles. The fourth-order valence-corrected chi connectivity index (χ4v) is 2.56. The lowest BCUT2D eigenvalue weighted by Crippen LogP contribution is -2.13. The van der Waals surface area contributed by atoms with Crippen LogP contribution >= 0.6 is 11.8 Å². The fraction of sp³-hybridized carbons (Fsp3) is 0.429. The number of hydrogen-bond acceptors (Lipinski definition) is 5. The number of aromatic nitrogens is 2. The highest BCUT2D eigenvalue weighted by atomic mass is 32.2. The second-order valence-electron chi connectivity index (χ2n) is 4.53. The van der Waals surface area contributed by atoms with Crippen molar-refractivity contribution in [3.63, 3.8) is 0 Å². The predicted octanol–water partition coefficient (Wildman–Crippen LogP) is 2.46. The number of thioether (sulfide) groups is 1. The standard InChI is InChI=1S/C14H19N3O2S/c1-3-6-15-8-11-4-5-12(19-11)9-20-14-16-10(2)7-13(18)17-14/h4-5,7,15H,3,6,8-9H2,1-2H3,(H,16,17,18). The lowest BCUT2D eigenvalue weighted by molar-refractivity contribution is 0.459. The van der Waals surface area contributed by atoms with Gasteiger partial charge in [-0.3, -0.25) is 4.79 Å². The van der Waals surface area contributed by atoms with Gasteiger partial charge in [-0.05, 0) is 32.0 Å². The van der Waals surface area contributed by atoms with Crippen molar-refractivity contribution in [2.45, 2.75) is 37.7 Å². The van der Waals surface area contributed by atoms with Crippen LogP contribution in [0.3, 0.4) is 0 Å². The van der Waals surface area contributed by atoms with Crippen LogP contribution in [0.1, 0.15) is 30.6 Å². The minimum absolute atomic E-state index is 0.121. The third-order valence-corrected chi connectivity index (χ3v) is 3.54. The van der Waals surface area contributed by atoms with Crippen LogP contribution in [0.15, 0.2) is 32.6 Å². The molecule has 2 rings (SSSR count). The van der Waals surface area contributed by atoms with Gasteiger partial charge in [-0.25, -0.2) is 4.98 Å². The minimum atomic E-state index is -0.121. The van der Waals surface area contributed by atoms with E-state index >= 15 is 0 Å². The monoisotopic (exact) mass is 293 g/mol. The Morgan fingerprint density at radius 2 is 2.20 bits per heavy atom. The van der Waals surface area contributed by atoms with Crippen LogP contribution in [0.4, 0.5) is 0 Å². The van der Waals surface area contributed by atoms with E-state index in [0.717, 1.165) is 36.7 Å². The summed E-state index contributed by atoms with van der Waals surface area (Å²) in [7, 11) is 0. The fourth-order valence-electron chi connectivity index (χ4n) is 1.74. The summed E-state index contributed by atoms with van der Waals surface area (Å²) >= 11 is 1.46. The van der Waals surface area contributed by atoms with Gasteiger partial charge in [-0.15, -0.1) is 0 Å². The van der Waals surface area contributed by atoms with E-state index < -0.39 is 0 Å². The maximum absolute atomic E-state index is 11.3. The molecule has 0 aliphatic heterocycles. The van der Waals surface area contributed by atoms with Gasteiger partial charge in [0.2, 0.25) is 0 Å². The zero-order valence-electron chi connectivity index (χ0n) is 11.7. The summed E-state index contributed by atoms with van der Waals surface area (Å²) in [4.78, 5) is 18.3. The molecule has 0 amide bonds. The summed E-state index contributed by atoms with van der Waals surface area (Å²) < 4.78 is 5.71. The molecule has 6 heteroatoms. The SMILES string of the molecule is CCCNCc1ccc(CSc2nc(C)cc(=O)[nH]2)o1. The lowest BCUT2D eigenvalue weighted by Gasteiger charge is -2.01. The number of H-pyrrole nitrogens is 1. The van der Waals surface area contributed by atoms with Crippen molar-refractivity contribution in [3.05, 3.63) is 45.8 Å². The van der Waals surface area contributed by atoms with Crippen LogP contribution in [0.5, 0.6) is 0 Å². The largest absolute Gasteiger partial charge is 0.464 e. The van der Waals surface area contributed by atoms with Crippen LogP contribution in [-0.4, -0.2) is 16.5 Å². The van der Waals surface area contributed by atoms with Gasteiger partial charge in [0.15, 0.2) is 5.16 Å².